The van der Waals surface area contributed by atoms with Gasteiger partial charge in [-0.05, 0) is 38.0 Å². The van der Waals surface area contributed by atoms with Gasteiger partial charge >= 0.3 is 0 Å². The van der Waals surface area contributed by atoms with E-state index in [0.29, 0.717) is 48.8 Å². The van der Waals surface area contributed by atoms with Crippen molar-refractivity contribution in [2.75, 3.05) is 32.2 Å². The first-order chi connectivity index (χ1) is 14.1. The van der Waals surface area contributed by atoms with Crippen molar-refractivity contribution in [2.24, 2.45) is 0 Å². The van der Waals surface area contributed by atoms with Crippen molar-refractivity contribution in [3.8, 4) is 5.75 Å². The van der Waals surface area contributed by atoms with E-state index in [4.69, 9.17) is 9.47 Å². The maximum Gasteiger partial charge on any atom is 0.278 e. The maximum absolute atomic E-state index is 13.2. The molecule has 0 radical (unpaired) electrons. The fourth-order valence-electron chi connectivity index (χ4n) is 3.23. The van der Waals surface area contributed by atoms with Gasteiger partial charge in [-0.15, -0.1) is 0 Å². The summed E-state index contributed by atoms with van der Waals surface area (Å²) in [5.41, 5.74) is 3.06. The fraction of sp³-hybridized carbons (Fsp3) is 0.304. The lowest BCUT2D eigenvalue weighted by atomic mass is 10.0. The number of aryl methyl sites for hydroxylation is 1. The van der Waals surface area contributed by atoms with E-state index >= 15 is 0 Å². The van der Waals surface area contributed by atoms with Gasteiger partial charge in [-0.2, -0.15) is 0 Å². The molecule has 0 fully saturated rings. The second kappa shape index (κ2) is 9.39. The summed E-state index contributed by atoms with van der Waals surface area (Å²) in [5, 5.41) is 3.15. The fourth-order valence-corrected chi connectivity index (χ4v) is 3.23. The molecule has 0 aliphatic carbocycles. The van der Waals surface area contributed by atoms with Gasteiger partial charge < -0.3 is 14.8 Å². The molecule has 0 unspecified atom stereocenters. The molecule has 0 saturated carbocycles. The first-order valence-corrected chi connectivity index (χ1v) is 9.72. The van der Waals surface area contributed by atoms with Crippen LogP contribution in [0.5, 0.6) is 5.75 Å². The average molecular weight is 394 g/mol. The van der Waals surface area contributed by atoms with Crippen LogP contribution in [0.2, 0.25) is 0 Å². The minimum atomic E-state index is -0.340. The van der Waals surface area contributed by atoms with Crippen LogP contribution < -0.4 is 10.1 Å². The molecular formula is C23H26N2O4. The predicted molar refractivity (Wildman–Crippen MR) is 113 cm³/mol. The Morgan fingerprint density at radius 2 is 1.72 bits per heavy atom. The van der Waals surface area contributed by atoms with Crippen LogP contribution in [0.25, 0.3) is 5.57 Å². The molecule has 1 aliphatic heterocycles. The van der Waals surface area contributed by atoms with Crippen molar-refractivity contribution in [1.82, 2.24) is 4.90 Å². The minimum Gasteiger partial charge on any atom is -0.495 e. The van der Waals surface area contributed by atoms with Crippen molar-refractivity contribution in [1.29, 1.82) is 0 Å². The number of amides is 2. The number of ether oxygens (including phenoxy) is 2. The molecule has 0 aromatic heterocycles. The molecule has 0 bridgehead atoms. The largest absolute Gasteiger partial charge is 0.495 e. The molecule has 0 atom stereocenters. The van der Waals surface area contributed by atoms with E-state index < -0.39 is 0 Å². The zero-order valence-corrected chi connectivity index (χ0v) is 17.0. The van der Waals surface area contributed by atoms with Crippen LogP contribution >= 0.6 is 0 Å². The van der Waals surface area contributed by atoms with Crippen molar-refractivity contribution in [3.63, 3.8) is 0 Å². The van der Waals surface area contributed by atoms with Gasteiger partial charge in [-0.25, -0.2) is 0 Å². The number of carbonyl (C=O) groups is 2. The SMILES string of the molecule is CCOCCCN1C(=O)C(Nc2ccccc2OC)=C(c2ccc(C)cc2)C1=O. The Hall–Kier alpha value is -3.12. The smallest absolute Gasteiger partial charge is 0.278 e. The molecule has 2 aromatic carbocycles. The molecule has 1 N–H and O–H groups in total. The molecule has 1 aliphatic rings. The first-order valence-electron chi connectivity index (χ1n) is 9.72. The van der Waals surface area contributed by atoms with Gasteiger partial charge in [0.1, 0.15) is 11.4 Å². The highest BCUT2D eigenvalue weighted by Gasteiger charge is 2.39. The van der Waals surface area contributed by atoms with Gasteiger partial charge in [-0.3, -0.25) is 14.5 Å². The maximum atomic E-state index is 13.2. The first kappa shape index (κ1) is 20.6. The minimum absolute atomic E-state index is 0.264. The van der Waals surface area contributed by atoms with E-state index in [1.165, 1.54) is 4.90 Å². The highest BCUT2D eigenvalue weighted by Crippen LogP contribution is 2.33. The lowest BCUT2D eigenvalue weighted by molar-refractivity contribution is -0.137. The van der Waals surface area contributed by atoms with Crippen LogP contribution in [0, 0.1) is 6.92 Å². The zero-order valence-electron chi connectivity index (χ0n) is 17.0. The Bertz CT molecular complexity index is 919. The number of imide groups is 1. The molecular weight excluding hydrogens is 368 g/mol. The summed E-state index contributed by atoms with van der Waals surface area (Å²) in [6.45, 7) is 5.31. The van der Waals surface area contributed by atoms with E-state index in [-0.39, 0.29) is 17.5 Å². The summed E-state index contributed by atoms with van der Waals surface area (Å²) in [6.07, 6.45) is 0.592. The molecule has 0 spiro atoms. The van der Waals surface area contributed by atoms with Crippen LogP contribution in [0.3, 0.4) is 0 Å². The second-order valence-corrected chi connectivity index (χ2v) is 6.75. The van der Waals surface area contributed by atoms with Gasteiger partial charge in [0, 0.05) is 19.8 Å². The Balaban J connectivity index is 1.96. The van der Waals surface area contributed by atoms with Gasteiger partial charge in [-0.1, -0.05) is 42.0 Å². The van der Waals surface area contributed by atoms with Crippen molar-refractivity contribution in [2.45, 2.75) is 20.3 Å². The van der Waals surface area contributed by atoms with Gasteiger partial charge in [0.25, 0.3) is 11.8 Å². The van der Waals surface area contributed by atoms with Gasteiger partial charge in [0.05, 0.1) is 18.4 Å². The normalized spacial score (nSPS) is 14.0. The summed E-state index contributed by atoms with van der Waals surface area (Å²) < 4.78 is 10.7. The van der Waals surface area contributed by atoms with Gasteiger partial charge in [0.15, 0.2) is 0 Å². The third-order valence-corrected chi connectivity index (χ3v) is 4.75. The quantitative estimate of drug-likeness (QED) is 0.520. The third kappa shape index (κ3) is 4.49. The molecule has 2 amide bonds. The number of hydrogen-bond donors (Lipinski definition) is 1. The topological polar surface area (TPSA) is 67.9 Å². The van der Waals surface area contributed by atoms with Crippen molar-refractivity contribution in [3.05, 3.63) is 65.4 Å². The van der Waals surface area contributed by atoms with E-state index in [1.54, 1.807) is 13.2 Å². The summed E-state index contributed by atoms with van der Waals surface area (Å²) in [4.78, 5) is 27.6. The van der Waals surface area contributed by atoms with Crippen LogP contribution in [-0.2, 0) is 14.3 Å². The third-order valence-electron chi connectivity index (χ3n) is 4.75. The van der Waals surface area contributed by atoms with E-state index in [1.807, 2.05) is 56.3 Å². The van der Waals surface area contributed by atoms with Gasteiger partial charge in [0.2, 0.25) is 0 Å². The monoisotopic (exact) mass is 394 g/mol. The number of carbonyl (C=O) groups excluding carboxylic acids is 2. The molecule has 152 valence electrons. The number of nitrogens with one attached hydrogen (secondary N) is 1. The number of nitrogens with zero attached hydrogens (tertiary/aromatic N) is 1. The Kier molecular flexibility index (Phi) is 6.67. The molecule has 3 rings (SSSR count). The van der Waals surface area contributed by atoms with E-state index in [2.05, 4.69) is 5.32 Å². The second-order valence-electron chi connectivity index (χ2n) is 6.75. The number of para-hydroxylation sites is 2. The molecule has 1 heterocycles. The van der Waals surface area contributed by atoms with E-state index in [9.17, 15) is 9.59 Å². The van der Waals surface area contributed by atoms with Crippen molar-refractivity contribution < 1.29 is 19.1 Å². The summed E-state index contributed by atoms with van der Waals surface area (Å²) in [5.74, 6) is -0.0426. The molecule has 6 nitrogen and oxygen atoms in total. The van der Waals surface area contributed by atoms with Crippen LogP contribution in [-0.4, -0.2) is 43.6 Å². The van der Waals surface area contributed by atoms with Crippen molar-refractivity contribution >= 4 is 23.1 Å². The molecule has 29 heavy (non-hydrogen) atoms. The van der Waals surface area contributed by atoms with E-state index in [0.717, 1.165) is 5.56 Å². The average Bonchev–Trinajstić information content (AvgIpc) is 2.96. The standard InChI is InChI=1S/C23H26N2O4/c1-4-29-15-7-14-25-22(26)20(17-12-10-16(2)11-13-17)21(23(25)27)24-18-8-5-6-9-19(18)28-3/h5-6,8-13,24H,4,7,14-15H2,1-3H3. The molecule has 0 saturated heterocycles. The summed E-state index contributed by atoms with van der Waals surface area (Å²) >= 11 is 0. The Morgan fingerprint density at radius 1 is 1.00 bits per heavy atom. The lowest BCUT2D eigenvalue weighted by Gasteiger charge is -2.15. The molecule has 2 aromatic rings. The number of hydrogen-bond acceptors (Lipinski definition) is 5. The Morgan fingerprint density at radius 3 is 2.41 bits per heavy atom. The number of benzene rings is 2. The summed E-state index contributed by atoms with van der Waals surface area (Å²) in [7, 11) is 1.57. The zero-order chi connectivity index (χ0) is 20.8. The van der Waals surface area contributed by atoms with Crippen LogP contribution in [0.15, 0.2) is 54.2 Å². The Labute approximate surface area is 171 Å². The highest BCUT2D eigenvalue weighted by molar-refractivity contribution is 6.36. The number of anilines is 1. The van der Waals surface area contributed by atoms with Crippen LogP contribution in [0.1, 0.15) is 24.5 Å². The molecule has 6 heteroatoms. The number of rotatable bonds is 9. The highest BCUT2D eigenvalue weighted by atomic mass is 16.5. The predicted octanol–water partition coefficient (Wildman–Crippen LogP) is 3.62. The number of methoxy groups -OCH3 is 1. The van der Waals surface area contributed by atoms with Crippen LogP contribution in [0.4, 0.5) is 5.69 Å². The lowest BCUT2D eigenvalue weighted by Crippen LogP contribution is -2.34. The summed E-state index contributed by atoms with van der Waals surface area (Å²) in [6, 6.07) is 14.9.